The fourth-order valence-electron chi connectivity index (χ4n) is 2.72. The van der Waals surface area contributed by atoms with Gasteiger partial charge in [-0.05, 0) is 31.1 Å². The summed E-state index contributed by atoms with van der Waals surface area (Å²) in [7, 11) is 0. The number of hydrogen-bond donors (Lipinski definition) is 2. The van der Waals surface area contributed by atoms with Gasteiger partial charge in [0.15, 0.2) is 0 Å². The maximum absolute atomic E-state index is 11.9. The third kappa shape index (κ3) is 6.06. The van der Waals surface area contributed by atoms with Gasteiger partial charge in [0, 0.05) is 19.0 Å². The van der Waals surface area contributed by atoms with Gasteiger partial charge >= 0.3 is 0 Å². The normalized spacial score (nSPS) is 19.3. The van der Waals surface area contributed by atoms with Gasteiger partial charge in [-0.1, -0.05) is 33.1 Å². The Balaban J connectivity index is 2.26. The third-order valence-corrected chi connectivity index (χ3v) is 3.60. The summed E-state index contributed by atoms with van der Waals surface area (Å²) in [6.07, 6.45) is 8.07. The molecule has 0 aromatic heterocycles. The van der Waals surface area contributed by atoms with E-state index in [0.29, 0.717) is 24.8 Å². The zero-order valence-corrected chi connectivity index (χ0v) is 11.4. The molecule has 3 N–H and O–H groups in total. The van der Waals surface area contributed by atoms with Crippen molar-refractivity contribution in [2.75, 3.05) is 6.54 Å². The summed E-state index contributed by atoms with van der Waals surface area (Å²) < 4.78 is 0. The largest absolute Gasteiger partial charge is 0.352 e. The lowest BCUT2D eigenvalue weighted by atomic mass is 9.87. The second-order valence-corrected chi connectivity index (χ2v) is 5.84. The summed E-state index contributed by atoms with van der Waals surface area (Å²) in [5.74, 6) is 1.40. The number of amides is 1. The standard InChI is InChI=1S/C14H28N2O/c1-11(2)8-13(10-15)16-14(17)9-12-6-4-3-5-7-12/h11-13H,3-10,15H2,1-2H3,(H,16,17). The highest BCUT2D eigenvalue weighted by Crippen LogP contribution is 2.26. The summed E-state index contributed by atoms with van der Waals surface area (Å²) >= 11 is 0. The van der Waals surface area contributed by atoms with Gasteiger partial charge in [-0.15, -0.1) is 0 Å². The Hall–Kier alpha value is -0.570. The Labute approximate surface area is 106 Å². The maximum atomic E-state index is 11.9. The highest BCUT2D eigenvalue weighted by Gasteiger charge is 2.19. The van der Waals surface area contributed by atoms with Crippen LogP contribution in [0, 0.1) is 11.8 Å². The molecule has 1 amide bonds. The number of hydrogen-bond acceptors (Lipinski definition) is 2. The van der Waals surface area contributed by atoms with Crippen LogP contribution in [0.15, 0.2) is 0 Å². The van der Waals surface area contributed by atoms with Crippen LogP contribution in [0.3, 0.4) is 0 Å². The van der Waals surface area contributed by atoms with Crippen LogP contribution in [0.1, 0.15) is 58.8 Å². The van der Waals surface area contributed by atoms with E-state index in [9.17, 15) is 4.79 Å². The van der Waals surface area contributed by atoms with E-state index < -0.39 is 0 Å². The van der Waals surface area contributed by atoms with Crippen molar-refractivity contribution < 1.29 is 4.79 Å². The van der Waals surface area contributed by atoms with Crippen LogP contribution in [-0.4, -0.2) is 18.5 Å². The van der Waals surface area contributed by atoms with E-state index in [4.69, 9.17) is 5.73 Å². The van der Waals surface area contributed by atoms with Gasteiger partial charge in [0.1, 0.15) is 0 Å². The summed E-state index contributed by atoms with van der Waals surface area (Å²) in [5.41, 5.74) is 5.69. The summed E-state index contributed by atoms with van der Waals surface area (Å²) in [6, 6.07) is 0.158. The number of rotatable bonds is 6. The molecule has 3 heteroatoms. The van der Waals surface area contributed by atoms with E-state index >= 15 is 0 Å². The fraction of sp³-hybridized carbons (Fsp3) is 0.929. The van der Waals surface area contributed by atoms with E-state index in [0.717, 1.165) is 6.42 Å². The zero-order chi connectivity index (χ0) is 12.7. The number of nitrogens with one attached hydrogen (secondary N) is 1. The monoisotopic (exact) mass is 240 g/mol. The Morgan fingerprint density at radius 1 is 1.29 bits per heavy atom. The first-order valence-corrected chi connectivity index (χ1v) is 7.11. The molecule has 17 heavy (non-hydrogen) atoms. The molecule has 1 aliphatic carbocycles. The summed E-state index contributed by atoms with van der Waals surface area (Å²) in [6.45, 7) is 4.88. The molecule has 1 unspecified atom stereocenters. The minimum Gasteiger partial charge on any atom is -0.352 e. The number of nitrogens with two attached hydrogens (primary N) is 1. The molecule has 0 aromatic carbocycles. The lowest BCUT2D eigenvalue weighted by molar-refractivity contribution is -0.123. The molecule has 1 saturated carbocycles. The first-order chi connectivity index (χ1) is 8.11. The summed E-state index contributed by atoms with van der Waals surface area (Å²) in [5, 5.41) is 3.08. The minimum atomic E-state index is 0.158. The Morgan fingerprint density at radius 2 is 1.94 bits per heavy atom. The van der Waals surface area contributed by atoms with Gasteiger partial charge in [-0.25, -0.2) is 0 Å². The first kappa shape index (κ1) is 14.5. The molecular weight excluding hydrogens is 212 g/mol. The quantitative estimate of drug-likeness (QED) is 0.749. The lowest BCUT2D eigenvalue weighted by Crippen LogP contribution is -2.41. The molecule has 1 fully saturated rings. The molecule has 1 aliphatic rings. The van der Waals surface area contributed by atoms with Crippen LogP contribution in [0.4, 0.5) is 0 Å². The average Bonchev–Trinajstić information content (AvgIpc) is 2.28. The molecule has 0 heterocycles. The van der Waals surface area contributed by atoms with Crippen LogP contribution >= 0.6 is 0 Å². The average molecular weight is 240 g/mol. The SMILES string of the molecule is CC(C)CC(CN)NC(=O)CC1CCCCC1. The molecule has 1 rings (SSSR count). The van der Waals surface area contributed by atoms with Gasteiger partial charge in [-0.2, -0.15) is 0 Å². The predicted octanol–water partition coefficient (Wildman–Crippen LogP) is 2.45. The van der Waals surface area contributed by atoms with Gasteiger partial charge < -0.3 is 11.1 Å². The highest BCUT2D eigenvalue weighted by molar-refractivity contribution is 5.76. The first-order valence-electron chi connectivity index (χ1n) is 7.11. The van der Waals surface area contributed by atoms with Gasteiger partial charge in [0.25, 0.3) is 0 Å². The molecule has 0 aromatic rings. The van der Waals surface area contributed by atoms with Crippen molar-refractivity contribution in [3.8, 4) is 0 Å². The smallest absolute Gasteiger partial charge is 0.220 e. The van der Waals surface area contributed by atoms with Crippen LogP contribution in [0.5, 0.6) is 0 Å². The van der Waals surface area contributed by atoms with E-state index in [2.05, 4.69) is 19.2 Å². The lowest BCUT2D eigenvalue weighted by Gasteiger charge is -2.23. The van der Waals surface area contributed by atoms with Crippen LogP contribution in [-0.2, 0) is 4.79 Å². The van der Waals surface area contributed by atoms with Crippen molar-refractivity contribution >= 4 is 5.91 Å². The van der Waals surface area contributed by atoms with Crippen molar-refractivity contribution in [1.82, 2.24) is 5.32 Å². The molecule has 0 spiro atoms. The molecule has 0 radical (unpaired) electrons. The zero-order valence-electron chi connectivity index (χ0n) is 11.4. The minimum absolute atomic E-state index is 0.158. The van der Waals surface area contributed by atoms with Gasteiger partial charge in [-0.3, -0.25) is 4.79 Å². The van der Waals surface area contributed by atoms with Crippen LogP contribution < -0.4 is 11.1 Å². The van der Waals surface area contributed by atoms with Gasteiger partial charge in [0.05, 0.1) is 0 Å². The molecule has 3 nitrogen and oxygen atoms in total. The Kier molecular flexibility index (Phi) is 6.56. The summed E-state index contributed by atoms with van der Waals surface area (Å²) in [4.78, 5) is 11.9. The fourth-order valence-corrected chi connectivity index (χ4v) is 2.72. The molecule has 1 atom stereocenters. The van der Waals surface area contributed by atoms with Crippen molar-refractivity contribution in [3.05, 3.63) is 0 Å². The number of carbonyl (C=O) groups is 1. The second kappa shape index (κ2) is 7.70. The Bertz CT molecular complexity index is 222. The number of carbonyl (C=O) groups excluding carboxylic acids is 1. The second-order valence-electron chi connectivity index (χ2n) is 5.84. The molecule has 100 valence electrons. The third-order valence-electron chi connectivity index (χ3n) is 3.60. The van der Waals surface area contributed by atoms with E-state index in [1.54, 1.807) is 0 Å². The Morgan fingerprint density at radius 3 is 2.47 bits per heavy atom. The van der Waals surface area contributed by atoms with Crippen LogP contribution in [0.25, 0.3) is 0 Å². The van der Waals surface area contributed by atoms with Crippen molar-refractivity contribution in [3.63, 3.8) is 0 Å². The van der Waals surface area contributed by atoms with Crippen molar-refractivity contribution in [2.24, 2.45) is 17.6 Å². The van der Waals surface area contributed by atoms with Gasteiger partial charge in [0.2, 0.25) is 5.91 Å². The molecule has 0 aliphatic heterocycles. The molecule has 0 bridgehead atoms. The predicted molar refractivity (Wildman–Crippen MR) is 71.6 cm³/mol. The van der Waals surface area contributed by atoms with Crippen molar-refractivity contribution in [2.45, 2.75) is 64.8 Å². The topological polar surface area (TPSA) is 55.1 Å². The maximum Gasteiger partial charge on any atom is 0.220 e. The van der Waals surface area contributed by atoms with E-state index in [1.165, 1.54) is 32.1 Å². The highest BCUT2D eigenvalue weighted by atomic mass is 16.1. The van der Waals surface area contributed by atoms with Crippen LogP contribution in [0.2, 0.25) is 0 Å². The van der Waals surface area contributed by atoms with E-state index in [1.807, 2.05) is 0 Å². The molecule has 0 saturated heterocycles. The molecular formula is C14H28N2O. The van der Waals surface area contributed by atoms with E-state index in [-0.39, 0.29) is 11.9 Å². The van der Waals surface area contributed by atoms with Crippen molar-refractivity contribution in [1.29, 1.82) is 0 Å².